The van der Waals surface area contributed by atoms with Gasteiger partial charge in [0.2, 0.25) is 0 Å². The van der Waals surface area contributed by atoms with Crippen molar-refractivity contribution in [3.63, 3.8) is 0 Å². The highest BCUT2D eigenvalue weighted by atomic mass is 16.3. The van der Waals surface area contributed by atoms with Crippen LogP contribution in [0, 0.1) is 5.92 Å². The third kappa shape index (κ3) is 4.06. The summed E-state index contributed by atoms with van der Waals surface area (Å²) in [5.41, 5.74) is -0.363. The van der Waals surface area contributed by atoms with Crippen molar-refractivity contribution in [1.82, 2.24) is 4.90 Å². The molecule has 16 heavy (non-hydrogen) atoms. The molecule has 0 amide bonds. The van der Waals surface area contributed by atoms with Gasteiger partial charge >= 0.3 is 0 Å². The summed E-state index contributed by atoms with van der Waals surface area (Å²) in [5.74, 6) is 0.494. The van der Waals surface area contributed by atoms with Gasteiger partial charge in [-0.2, -0.15) is 0 Å². The molecule has 0 aliphatic heterocycles. The molecule has 0 radical (unpaired) electrons. The zero-order valence-electron chi connectivity index (χ0n) is 11.3. The van der Waals surface area contributed by atoms with E-state index in [2.05, 4.69) is 25.9 Å². The molecule has 0 aromatic rings. The van der Waals surface area contributed by atoms with Crippen LogP contribution in [0.3, 0.4) is 0 Å². The number of rotatable bonds is 6. The maximum Gasteiger partial charge on any atom is 0.0688 e. The summed E-state index contributed by atoms with van der Waals surface area (Å²) < 4.78 is 0. The van der Waals surface area contributed by atoms with E-state index in [-0.39, 0.29) is 5.60 Å². The third-order valence-corrected chi connectivity index (χ3v) is 3.97. The first-order valence-corrected chi connectivity index (χ1v) is 6.95. The van der Waals surface area contributed by atoms with E-state index in [1.165, 1.54) is 38.5 Å². The summed E-state index contributed by atoms with van der Waals surface area (Å²) in [6, 6.07) is 0. The van der Waals surface area contributed by atoms with E-state index in [9.17, 15) is 5.11 Å². The van der Waals surface area contributed by atoms with E-state index < -0.39 is 0 Å². The van der Waals surface area contributed by atoms with Gasteiger partial charge in [-0.25, -0.2) is 0 Å². The van der Waals surface area contributed by atoms with Crippen LogP contribution < -0.4 is 0 Å². The minimum absolute atomic E-state index is 0.363. The molecule has 96 valence electrons. The van der Waals surface area contributed by atoms with Gasteiger partial charge in [-0.3, -0.25) is 0 Å². The lowest BCUT2D eigenvalue weighted by Crippen LogP contribution is -2.45. The molecule has 1 aliphatic carbocycles. The second-order valence-electron chi connectivity index (χ2n) is 5.77. The number of aliphatic hydroxyl groups is 1. The Bertz CT molecular complexity index is 193. The van der Waals surface area contributed by atoms with E-state index in [4.69, 9.17) is 0 Å². The second kappa shape index (κ2) is 6.61. The van der Waals surface area contributed by atoms with Crippen LogP contribution in [0.1, 0.15) is 58.3 Å². The van der Waals surface area contributed by atoms with Gasteiger partial charge in [0, 0.05) is 12.5 Å². The molecule has 2 nitrogen and oxygen atoms in total. The number of nitrogens with zero attached hydrogens (tertiary/aromatic N) is 1. The maximum atomic E-state index is 10.8. The molecule has 0 aromatic heterocycles. The van der Waals surface area contributed by atoms with Crippen molar-refractivity contribution in [2.45, 2.75) is 63.9 Å². The first-order valence-electron chi connectivity index (χ1n) is 6.95. The predicted molar refractivity (Wildman–Crippen MR) is 69.6 cm³/mol. The molecule has 2 atom stereocenters. The molecule has 0 bridgehead atoms. The number of hydrogen-bond donors (Lipinski definition) is 1. The summed E-state index contributed by atoms with van der Waals surface area (Å²) in [7, 11) is 4.22. The largest absolute Gasteiger partial charge is 0.390 e. The Morgan fingerprint density at radius 2 is 2.00 bits per heavy atom. The summed E-state index contributed by atoms with van der Waals surface area (Å²) in [4.78, 5) is 2.22. The van der Waals surface area contributed by atoms with Crippen LogP contribution in [0.25, 0.3) is 0 Å². The van der Waals surface area contributed by atoms with Gasteiger partial charge in [-0.15, -0.1) is 0 Å². The van der Waals surface area contributed by atoms with Crippen molar-refractivity contribution in [2.75, 3.05) is 20.6 Å². The molecule has 1 rings (SSSR count). The Kier molecular flexibility index (Phi) is 5.77. The minimum Gasteiger partial charge on any atom is -0.390 e. The van der Waals surface area contributed by atoms with Crippen LogP contribution in [-0.4, -0.2) is 36.2 Å². The molecule has 1 saturated carbocycles. The van der Waals surface area contributed by atoms with Crippen molar-refractivity contribution in [3.05, 3.63) is 0 Å². The van der Waals surface area contributed by atoms with E-state index in [1.54, 1.807) is 0 Å². The standard InChI is InChI=1S/C14H29NO/c1-4-5-7-10-14(16)11-8-6-9-13(14)12-15(2)3/h13,16H,4-12H2,1-3H3. The highest BCUT2D eigenvalue weighted by molar-refractivity contribution is 4.90. The Morgan fingerprint density at radius 1 is 1.25 bits per heavy atom. The SMILES string of the molecule is CCCCCC1(O)CCCCC1CN(C)C. The summed E-state index contributed by atoms with van der Waals surface area (Å²) in [5, 5.41) is 10.8. The molecular formula is C14H29NO. The lowest BCUT2D eigenvalue weighted by molar-refractivity contribution is -0.0635. The number of hydrogen-bond acceptors (Lipinski definition) is 2. The van der Waals surface area contributed by atoms with Gasteiger partial charge in [-0.05, 0) is 33.4 Å². The highest BCUT2D eigenvalue weighted by Crippen LogP contribution is 2.37. The maximum absolute atomic E-state index is 10.8. The highest BCUT2D eigenvalue weighted by Gasteiger charge is 2.38. The fraction of sp³-hybridized carbons (Fsp3) is 1.00. The molecular weight excluding hydrogens is 198 g/mol. The van der Waals surface area contributed by atoms with Gasteiger partial charge < -0.3 is 10.0 Å². The van der Waals surface area contributed by atoms with Crippen molar-refractivity contribution in [2.24, 2.45) is 5.92 Å². The zero-order chi connectivity index (χ0) is 12.0. The van der Waals surface area contributed by atoms with Gasteiger partial charge in [0.25, 0.3) is 0 Å². The van der Waals surface area contributed by atoms with E-state index in [0.29, 0.717) is 5.92 Å². The average molecular weight is 227 g/mol. The van der Waals surface area contributed by atoms with Crippen LogP contribution in [0.5, 0.6) is 0 Å². The van der Waals surface area contributed by atoms with Crippen LogP contribution in [-0.2, 0) is 0 Å². The summed E-state index contributed by atoms with van der Waals surface area (Å²) >= 11 is 0. The first-order chi connectivity index (χ1) is 7.58. The van der Waals surface area contributed by atoms with Crippen LogP contribution in [0.2, 0.25) is 0 Å². The van der Waals surface area contributed by atoms with Gasteiger partial charge in [0.05, 0.1) is 5.60 Å². The molecule has 2 heteroatoms. The monoisotopic (exact) mass is 227 g/mol. The molecule has 1 fully saturated rings. The molecule has 0 heterocycles. The molecule has 1 N–H and O–H groups in total. The van der Waals surface area contributed by atoms with E-state index in [1.807, 2.05) is 0 Å². The van der Waals surface area contributed by atoms with E-state index >= 15 is 0 Å². The smallest absolute Gasteiger partial charge is 0.0688 e. The Labute approximate surface area is 101 Å². The number of unbranched alkanes of at least 4 members (excludes halogenated alkanes) is 2. The fourth-order valence-corrected chi connectivity index (χ4v) is 3.01. The Balaban J connectivity index is 2.49. The van der Waals surface area contributed by atoms with E-state index in [0.717, 1.165) is 19.4 Å². The normalized spacial score (nSPS) is 30.9. The average Bonchev–Trinajstić information content (AvgIpc) is 2.22. The Morgan fingerprint density at radius 3 is 2.62 bits per heavy atom. The van der Waals surface area contributed by atoms with Crippen LogP contribution in [0.4, 0.5) is 0 Å². The van der Waals surface area contributed by atoms with Crippen molar-refractivity contribution < 1.29 is 5.11 Å². The molecule has 2 unspecified atom stereocenters. The Hall–Kier alpha value is -0.0800. The first kappa shape index (κ1) is 14.0. The lowest BCUT2D eigenvalue weighted by atomic mass is 9.72. The summed E-state index contributed by atoms with van der Waals surface area (Å²) in [6.07, 6.45) is 9.46. The van der Waals surface area contributed by atoms with Crippen molar-refractivity contribution >= 4 is 0 Å². The van der Waals surface area contributed by atoms with Gasteiger partial charge in [0.1, 0.15) is 0 Å². The topological polar surface area (TPSA) is 23.5 Å². The summed E-state index contributed by atoms with van der Waals surface area (Å²) in [6.45, 7) is 3.27. The van der Waals surface area contributed by atoms with Crippen LogP contribution >= 0.6 is 0 Å². The molecule has 0 saturated heterocycles. The van der Waals surface area contributed by atoms with Crippen LogP contribution in [0.15, 0.2) is 0 Å². The third-order valence-electron chi connectivity index (χ3n) is 3.97. The predicted octanol–water partition coefficient (Wildman–Crippen LogP) is 3.05. The van der Waals surface area contributed by atoms with Crippen molar-refractivity contribution in [3.8, 4) is 0 Å². The van der Waals surface area contributed by atoms with Gasteiger partial charge in [-0.1, -0.05) is 39.0 Å². The zero-order valence-corrected chi connectivity index (χ0v) is 11.3. The molecule has 1 aliphatic rings. The van der Waals surface area contributed by atoms with Crippen molar-refractivity contribution in [1.29, 1.82) is 0 Å². The quantitative estimate of drug-likeness (QED) is 0.705. The second-order valence-corrected chi connectivity index (χ2v) is 5.77. The molecule has 0 aromatic carbocycles. The lowest BCUT2D eigenvalue weighted by Gasteiger charge is -2.41. The minimum atomic E-state index is -0.363. The molecule has 0 spiro atoms. The van der Waals surface area contributed by atoms with Gasteiger partial charge in [0.15, 0.2) is 0 Å². The fourth-order valence-electron chi connectivity index (χ4n) is 3.01.